The zero-order valence-corrected chi connectivity index (χ0v) is 20.6. The zero-order chi connectivity index (χ0) is 25.4. The lowest BCUT2D eigenvalue weighted by Gasteiger charge is -2.17. The van der Waals surface area contributed by atoms with Crippen LogP contribution in [0.5, 0.6) is 0 Å². The third kappa shape index (κ3) is 5.61. The van der Waals surface area contributed by atoms with Crippen LogP contribution in [0.1, 0.15) is 80.7 Å². The van der Waals surface area contributed by atoms with Gasteiger partial charge in [-0.3, -0.25) is 4.79 Å². The Labute approximate surface area is 212 Å². The highest BCUT2D eigenvalue weighted by Crippen LogP contribution is 2.50. The number of carboxylic acid groups (broad SMARTS) is 1. The van der Waals surface area contributed by atoms with Crippen molar-refractivity contribution in [2.45, 2.75) is 70.1 Å². The van der Waals surface area contributed by atoms with Crippen LogP contribution in [0, 0.1) is 11.2 Å². The molecule has 0 aliphatic heterocycles. The van der Waals surface area contributed by atoms with Crippen molar-refractivity contribution in [2.24, 2.45) is 5.41 Å². The van der Waals surface area contributed by atoms with Crippen LogP contribution in [0.25, 0.3) is 11.5 Å². The van der Waals surface area contributed by atoms with Crippen LogP contribution in [0.3, 0.4) is 0 Å². The predicted molar refractivity (Wildman–Crippen MR) is 127 cm³/mol. The molecule has 8 nitrogen and oxygen atoms in total. The van der Waals surface area contributed by atoms with Crippen molar-refractivity contribution in [1.29, 1.82) is 0 Å². The second-order valence-electron chi connectivity index (χ2n) is 10.2. The Morgan fingerprint density at radius 3 is 2.69 bits per heavy atom. The molecule has 0 saturated heterocycles. The Morgan fingerprint density at radius 2 is 2.03 bits per heavy atom. The molecule has 0 spiro atoms. The minimum Gasteiger partial charge on any atom is -0.550 e. The van der Waals surface area contributed by atoms with E-state index in [0.717, 1.165) is 49.5 Å². The number of nitrogens with one attached hydrogen (secondary N) is 1. The van der Waals surface area contributed by atoms with Crippen LogP contribution in [0.4, 0.5) is 10.1 Å². The fraction of sp³-hybridized carbons (Fsp3) is 0.462. The molecule has 2 heterocycles. The van der Waals surface area contributed by atoms with E-state index in [9.17, 15) is 19.1 Å². The molecule has 1 aromatic carbocycles. The van der Waals surface area contributed by atoms with Crippen molar-refractivity contribution in [3.05, 3.63) is 52.1 Å². The first-order valence-corrected chi connectivity index (χ1v) is 12.5. The summed E-state index contributed by atoms with van der Waals surface area (Å²) >= 11 is 6.04. The first-order valence-electron chi connectivity index (χ1n) is 12.1. The first-order chi connectivity index (χ1) is 17.2. The molecule has 10 heteroatoms. The molecule has 0 bridgehead atoms. The SMILES string of the molecule is CC1(Cc2cc(-c3onc([C@@H](CCC(=O)[O-])CC(=O)Nc4ccc(F)cc4Cl)c3C3CC3)no2)CC1. The number of hydrogen-bond acceptors (Lipinski definition) is 7. The van der Waals surface area contributed by atoms with E-state index < -0.39 is 23.6 Å². The molecule has 2 saturated carbocycles. The Hall–Kier alpha value is -3.20. The molecule has 2 aliphatic rings. The number of benzene rings is 1. The maximum absolute atomic E-state index is 13.4. The standard InChI is InChI=1S/C26H27ClFN3O5/c1-26(8-9-26)13-17-12-20(30-35-17)25-23(14-2-3-14)24(31-36-25)15(4-7-22(33)34)10-21(32)29-19-6-5-16(28)11-18(19)27/h5-6,11-12,14-15H,2-4,7-10,13H2,1H3,(H,29,32)(H,33,34)/p-1/t15-/m0/s1. The second kappa shape index (κ2) is 9.69. The summed E-state index contributed by atoms with van der Waals surface area (Å²) in [7, 11) is 0. The number of amides is 1. The minimum atomic E-state index is -1.21. The lowest BCUT2D eigenvalue weighted by molar-refractivity contribution is -0.305. The number of aromatic nitrogens is 2. The van der Waals surface area contributed by atoms with E-state index >= 15 is 0 Å². The highest BCUT2D eigenvalue weighted by molar-refractivity contribution is 6.33. The highest BCUT2D eigenvalue weighted by atomic mass is 35.5. The molecule has 190 valence electrons. The third-order valence-electron chi connectivity index (χ3n) is 6.96. The van der Waals surface area contributed by atoms with Crippen molar-refractivity contribution >= 4 is 29.2 Å². The van der Waals surface area contributed by atoms with Crippen LogP contribution in [-0.2, 0) is 16.0 Å². The molecule has 1 N–H and O–H groups in total. The summed E-state index contributed by atoms with van der Waals surface area (Å²) in [5, 5.41) is 22.5. The largest absolute Gasteiger partial charge is 0.550 e. The maximum Gasteiger partial charge on any atom is 0.225 e. The average Bonchev–Trinajstić information content (AvgIpc) is 3.70. The van der Waals surface area contributed by atoms with Crippen LogP contribution < -0.4 is 10.4 Å². The van der Waals surface area contributed by atoms with Gasteiger partial charge in [0.1, 0.15) is 11.6 Å². The molecule has 5 rings (SSSR count). The fourth-order valence-corrected chi connectivity index (χ4v) is 4.73. The van der Waals surface area contributed by atoms with E-state index in [4.69, 9.17) is 20.6 Å². The Morgan fingerprint density at radius 1 is 1.25 bits per heavy atom. The van der Waals surface area contributed by atoms with E-state index in [2.05, 4.69) is 22.6 Å². The molecule has 1 atom stereocenters. The molecule has 2 fully saturated rings. The van der Waals surface area contributed by atoms with E-state index in [1.807, 2.05) is 6.07 Å². The van der Waals surface area contributed by atoms with Crippen molar-refractivity contribution in [3.8, 4) is 11.5 Å². The molecular formula is C26H26ClFN3O5-. The van der Waals surface area contributed by atoms with Gasteiger partial charge < -0.3 is 24.3 Å². The molecule has 1 amide bonds. The summed E-state index contributed by atoms with van der Waals surface area (Å²) in [5.74, 6) is -1.18. The number of hydrogen-bond donors (Lipinski definition) is 1. The molecular weight excluding hydrogens is 489 g/mol. The number of anilines is 1. The highest BCUT2D eigenvalue weighted by Gasteiger charge is 2.40. The van der Waals surface area contributed by atoms with Gasteiger partial charge in [0.2, 0.25) is 5.91 Å². The van der Waals surface area contributed by atoms with Gasteiger partial charge in [-0.15, -0.1) is 0 Å². The van der Waals surface area contributed by atoms with E-state index in [1.54, 1.807) is 0 Å². The van der Waals surface area contributed by atoms with Crippen LogP contribution >= 0.6 is 11.6 Å². The first kappa shape index (κ1) is 24.5. The van der Waals surface area contributed by atoms with Crippen molar-refractivity contribution in [3.63, 3.8) is 0 Å². The number of halogens is 2. The summed E-state index contributed by atoms with van der Waals surface area (Å²) < 4.78 is 24.7. The number of carbonyl (C=O) groups is 2. The fourth-order valence-electron chi connectivity index (χ4n) is 4.51. The Balaban J connectivity index is 1.40. The Kier molecular flexibility index (Phi) is 6.59. The number of carbonyl (C=O) groups excluding carboxylic acids is 2. The summed E-state index contributed by atoms with van der Waals surface area (Å²) in [6.45, 7) is 2.21. The number of carboxylic acids is 1. The molecule has 0 radical (unpaired) electrons. The quantitative estimate of drug-likeness (QED) is 0.382. The smallest absolute Gasteiger partial charge is 0.225 e. The summed E-state index contributed by atoms with van der Waals surface area (Å²) in [6.07, 6.45) is 4.84. The minimum absolute atomic E-state index is 0.0604. The van der Waals surface area contributed by atoms with E-state index in [0.29, 0.717) is 17.1 Å². The lowest BCUT2D eigenvalue weighted by Crippen LogP contribution is -2.24. The van der Waals surface area contributed by atoms with Gasteiger partial charge >= 0.3 is 0 Å². The third-order valence-corrected chi connectivity index (χ3v) is 7.27. The number of rotatable bonds is 11. The lowest BCUT2D eigenvalue weighted by atomic mass is 9.90. The summed E-state index contributed by atoms with van der Waals surface area (Å²) in [4.78, 5) is 24.1. The van der Waals surface area contributed by atoms with Crippen LogP contribution in [-0.4, -0.2) is 22.2 Å². The molecule has 2 aromatic heterocycles. The maximum atomic E-state index is 13.4. The number of nitrogens with zero attached hydrogens (tertiary/aromatic N) is 2. The van der Waals surface area contributed by atoms with Crippen LogP contribution in [0.15, 0.2) is 33.3 Å². The van der Waals surface area contributed by atoms with Gasteiger partial charge in [0, 0.05) is 36.4 Å². The average molecular weight is 515 g/mol. The monoisotopic (exact) mass is 514 g/mol. The van der Waals surface area contributed by atoms with Gasteiger partial charge in [-0.2, -0.15) is 0 Å². The summed E-state index contributed by atoms with van der Waals surface area (Å²) in [5.41, 5.74) is 2.48. The second-order valence-corrected chi connectivity index (χ2v) is 10.6. The van der Waals surface area contributed by atoms with Gasteiger partial charge in [-0.05, 0) is 68.1 Å². The van der Waals surface area contributed by atoms with Crippen molar-refractivity contribution in [1.82, 2.24) is 10.3 Å². The van der Waals surface area contributed by atoms with E-state index in [1.165, 1.54) is 12.1 Å². The molecule has 0 unspecified atom stereocenters. The molecule has 36 heavy (non-hydrogen) atoms. The van der Waals surface area contributed by atoms with Gasteiger partial charge in [0.05, 0.1) is 16.4 Å². The molecule has 2 aliphatic carbocycles. The Bertz CT molecular complexity index is 1290. The van der Waals surface area contributed by atoms with E-state index in [-0.39, 0.29) is 41.3 Å². The predicted octanol–water partition coefficient (Wildman–Crippen LogP) is 4.98. The number of aliphatic carboxylic acids is 1. The molecule has 3 aromatic rings. The van der Waals surface area contributed by atoms with Crippen molar-refractivity contribution in [2.75, 3.05) is 5.32 Å². The topological polar surface area (TPSA) is 121 Å². The van der Waals surface area contributed by atoms with Gasteiger partial charge in [-0.25, -0.2) is 4.39 Å². The zero-order valence-electron chi connectivity index (χ0n) is 19.8. The van der Waals surface area contributed by atoms with Crippen molar-refractivity contribution < 1.29 is 28.1 Å². The van der Waals surface area contributed by atoms with Gasteiger partial charge in [-0.1, -0.05) is 28.8 Å². The van der Waals surface area contributed by atoms with Crippen LogP contribution in [0.2, 0.25) is 5.02 Å². The normalized spacial score (nSPS) is 17.1. The summed E-state index contributed by atoms with van der Waals surface area (Å²) in [6, 6.07) is 5.55. The van der Waals surface area contributed by atoms with Gasteiger partial charge in [0.25, 0.3) is 0 Å². The van der Waals surface area contributed by atoms with Gasteiger partial charge in [0.15, 0.2) is 11.5 Å².